The molecule has 0 bridgehead atoms. The lowest BCUT2D eigenvalue weighted by molar-refractivity contribution is 0.437. The van der Waals surface area contributed by atoms with E-state index >= 15 is 0 Å². The summed E-state index contributed by atoms with van der Waals surface area (Å²) in [6.07, 6.45) is 0. The third-order valence-corrected chi connectivity index (χ3v) is 4.39. The monoisotopic (exact) mass is 472 g/mol. The summed E-state index contributed by atoms with van der Waals surface area (Å²) in [5.74, 6) is 0.539. The molecule has 4 nitrogen and oxygen atoms in total. The van der Waals surface area contributed by atoms with Crippen molar-refractivity contribution < 1.29 is 4.74 Å². The zero-order valence-electron chi connectivity index (χ0n) is 10.4. The van der Waals surface area contributed by atoms with Crippen LogP contribution in [-0.4, -0.2) is 9.97 Å². The summed E-state index contributed by atoms with van der Waals surface area (Å²) in [4.78, 5) is 18.9. The number of ether oxygens (including phenoxy) is 1. The minimum atomic E-state index is -0.236. The number of para-hydroxylation sites is 1. The van der Waals surface area contributed by atoms with E-state index in [1.54, 1.807) is 18.2 Å². The van der Waals surface area contributed by atoms with Crippen molar-refractivity contribution in [1.29, 1.82) is 0 Å². The fraction of sp³-hybridized carbons (Fsp3) is 0. The number of nitrogens with one attached hydrogen (secondary N) is 1. The molecule has 3 aromatic rings. The molecule has 0 saturated carbocycles. The van der Waals surface area contributed by atoms with Gasteiger partial charge >= 0.3 is 6.01 Å². The van der Waals surface area contributed by atoms with Gasteiger partial charge in [-0.05, 0) is 56.1 Å². The highest BCUT2D eigenvalue weighted by Gasteiger charge is 2.12. The van der Waals surface area contributed by atoms with E-state index in [-0.39, 0.29) is 11.6 Å². The molecule has 0 spiro atoms. The van der Waals surface area contributed by atoms with Crippen LogP contribution in [0.3, 0.4) is 0 Å². The Labute approximate surface area is 144 Å². The van der Waals surface area contributed by atoms with E-state index in [1.807, 2.05) is 18.2 Å². The van der Waals surface area contributed by atoms with Crippen LogP contribution in [0, 0.1) is 0 Å². The van der Waals surface area contributed by atoms with Crippen LogP contribution in [0.15, 0.2) is 54.6 Å². The molecule has 0 amide bonds. The Morgan fingerprint density at radius 2 is 1.71 bits per heavy atom. The second-order valence-corrected chi connectivity index (χ2v) is 6.81. The lowest BCUT2D eigenvalue weighted by Gasteiger charge is -2.09. The van der Waals surface area contributed by atoms with Crippen molar-refractivity contribution >= 4 is 58.7 Å². The number of rotatable bonds is 2. The third-order valence-electron chi connectivity index (χ3n) is 2.75. The number of aromatic amines is 1. The maximum Gasteiger partial charge on any atom is 0.302 e. The predicted octanol–water partition coefficient (Wildman–Crippen LogP) is 5.00. The Morgan fingerprint density at radius 3 is 2.43 bits per heavy atom. The SMILES string of the molecule is O=c1[nH]c(Oc2c(Br)cc(Br)cc2Br)nc2ccccc12. The van der Waals surface area contributed by atoms with Crippen LogP contribution in [0.5, 0.6) is 11.8 Å². The minimum absolute atomic E-state index is 0.141. The van der Waals surface area contributed by atoms with Gasteiger partial charge in [-0.15, -0.1) is 0 Å². The number of aromatic nitrogens is 2. The second-order valence-electron chi connectivity index (χ2n) is 4.19. The molecule has 1 aromatic heterocycles. The molecule has 1 heterocycles. The van der Waals surface area contributed by atoms with Crippen molar-refractivity contribution in [3.63, 3.8) is 0 Å². The van der Waals surface area contributed by atoms with Gasteiger partial charge in [0.05, 0.1) is 19.8 Å². The molecule has 0 fully saturated rings. The Kier molecular flexibility index (Phi) is 4.14. The summed E-state index contributed by atoms with van der Waals surface area (Å²) in [5, 5.41) is 0.527. The summed E-state index contributed by atoms with van der Waals surface area (Å²) in [7, 11) is 0. The molecule has 106 valence electrons. The molecule has 1 N–H and O–H groups in total. The normalized spacial score (nSPS) is 10.8. The van der Waals surface area contributed by atoms with E-state index in [0.29, 0.717) is 16.7 Å². The number of benzene rings is 2. The maximum absolute atomic E-state index is 12.0. The highest BCUT2D eigenvalue weighted by molar-refractivity contribution is 9.11. The van der Waals surface area contributed by atoms with Crippen LogP contribution >= 0.6 is 47.8 Å². The van der Waals surface area contributed by atoms with Gasteiger partial charge in [0, 0.05) is 4.47 Å². The Balaban J connectivity index is 2.09. The van der Waals surface area contributed by atoms with Crippen LogP contribution in [0.2, 0.25) is 0 Å². The molecule has 7 heteroatoms. The molecule has 0 aliphatic heterocycles. The summed E-state index contributed by atoms with van der Waals surface area (Å²) < 4.78 is 8.07. The Hall–Kier alpha value is -1.18. The molecule has 0 atom stereocenters. The van der Waals surface area contributed by atoms with E-state index in [2.05, 4.69) is 57.8 Å². The van der Waals surface area contributed by atoms with Gasteiger partial charge in [-0.25, -0.2) is 0 Å². The average Bonchev–Trinajstić information content (AvgIpc) is 2.43. The standard InChI is InChI=1S/C14H7Br3N2O2/c15-7-5-9(16)12(10(17)6-7)21-14-18-11-4-2-1-3-8(11)13(20)19-14/h1-6H,(H,18,19,20). The lowest BCUT2D eigenvalue weighted by atomic mass is 10.2. The molecule has 0 aliphatic rings. The van der Waals surface area contributed by atoms with Gasteiger partial charge in [-0.1, -0.05) is 28.1 Å². The van der Waals surface area contributed by atoms with Gasteiger partial charge in [-0.3, -0.25) is 9.78 Å². The predicted molar refractivity (Wildman–Crippen MR) is 92.0 cm³/mol. The molecule has 3 rings (SSSR count). The highest BCUT2D eigenvalue weighted by Crippen LogP contribution is 2.38. The second kappa shape index (κ2) is 5.90. The molecule has 21 heavy (non-hydrogen) atoms. The zero-order valence-corrected chi connectivity index (χ0v) is 15.1. The summed E-state index contributed by atoms with van der Waals surface area (Å²) in [6.45, 7) is 0. The van der Waals surface area contributed by atoms with Gasteiger partial charge in [0.1, 0.15) is 0 Å². The number of halogens is 3. The number of H-pyrrole nitrogens is 1. The van der Waals surface area contributed by atoms with Gasteiger partial charge in [-0.2, -0.15) is 4.98 Å². The average molecular weight is 475 g/mol. The van der Waals surface area contributed by atoms with E-state index in [0.717, 1.165) is 13.4 Å². The van der Waals surface area contributed by atoms with Crippen molar-refractivity contribution in [2.24, 2.45) is 0 Å². The van der Waals surface area contributed by atoms with E-state index in [4.69, 9.17) is 4.74 Å². The fourth-order valence-electron chi connectivity index (χ4n) is 1.84. The van der Waals surface area contributed by atoms with Crippen LogP contribution < -0.4 is 10.3 Å². The van der Waals surface area contributed by atoms with Crippen LogP contribution in [0.25, 0.3) is 10.9 Å². The van der Waals surface area contributed by atoms with Crippen molar-refractivity contribution in [1.82, 2.24) is 9.97 Å². The van der Waals surface area contributed by atoms with E-state index in [1.165, 1.54) is 0 Å². The van der Waals surface area contributed by atoms with Gasteiger partial charge in [0.2, 0.25) is 0 Å². The molecular weight excluding hydrogens is 468 g/mol. The van der Waals surface area contributed by atoms with Crippen LogP contribution in [0.4, 0.5) is 0 Å². The molecular formula is C14H7Br3N2O2. The van der Waals surface area contributed by atoms with Gasteiger partial charge < -0.3 is 4.74 Å². The summed E-state index contributed by atoms with van der Waals surface area (Å²) >= 11 is 10.2. The summed E-state index contributed by atoms with van der Waals surface area (Å²) in [6, 6.07) is 10.9. The highest BCUT2D eigenvalue weighted by atomic mass is 79.9. The van der Waals surface area contributed by atoms with E-state index in [9.17, 15) is 4.79 Å². The molecule has 0 unspecified atom stereocenters. The van der Waals surface area contributed by atoms with Crippen molar-refractivity contribution in [3.8, 4) is 11.8 Å². The molecule has 0 aliphatic carbocycles. The Bertz CT molecular complexity index is 870. The molecule has 0 saturated heterocycles. The van der Waals surface area contributed by atoms with Crippen LogP contribution in [-0.2, 0) is 0 Å². The smallest absolute Gasteiger partial charge is 0.302 e. The maximum atomic E-state index is 12.0. The zero-order chi connectivity index (χ0) is 15.0. The van der Waals surface area contributed by atoms with Crippen molar-refractivity contribution in [2.45, 2.75) is 0 Å². The first-order valence-corrected chi connectivity index (χ1v) is 8.24. The first-order valence-electron chi connectivity index (χ1n) is 5.86. The van der Waals surface area contributed by atoms with Crippen molar-refractivity contribution in [3.05, 3.63) is 60.2 Å². The van der Waals surface area contributed by atoms with E-state index < -0.39 is 0 Å². The molecule has 2 aromatic carbocycles. The number of fused-ring (bicyclic) bond motifs is 1. The van der Waals surface area contributed by atoms with Gasteiger partial charge in [0.15, 0.2) is 5.75 Å². The largest absolute Gasteiger partial charge is 0.423 e. The Morgan fingerprint density at radius 1 is 1.05 bits per heavy atom. The third kappa shape index (κ3) is 3.04. The van der Waals surface area contributed by atoms with Gasteiger partial charge in [0.25, 0.3) is 5.56 Å². The number of hydrogen-bond donors (Lipinski definition) is 1. The summed E-state index contributed by atoms with van der Waals surface area (Å²) in [5.41, 5.74) is 0.348. The lowest BCUT2D eigenvalue weighted by Crippen LogP contribution is -2.09. The number of hydrogen-bond acceptors (Lipinski definition) is 3. The minimum Gasteiger partial charge on any atom is -0.423 e. The quantitative estimate of drug-likeness (QED) is 0.568. The topological polar surface area (TPSA) is 55.0 Å². The number of nitrogens with zero attached hydrogens (tertiary/aromatic N) is 1. The van der Waals surface area contributed by atoms with Crippen molar-refractivity contribution in [2.75, 3.05) is 0 Å². The first-order chi connectivity index (χ1) is 10.0. The first kappa shape index (κ1) is 14.7. The fourth-order valence-corrected chi connectivity index (χ4v) is 4.26. The molecule has 0 radical (unpaired) electrons. The van der Waals surface area contributed by atoms with Crippen LogP contribution in [0.1, 0.15) is 0 Å².